The first-order chi connectivity index (χ1) is 7.13. The lowest BCUT2D eigenvalue weighted by atomic mass is 10.1. The Bertz CT molecular complexity index is 322. The summed E-state index contributed by atoms with van der Waals surface area (Å²) in [4.78, 5) is 15.6. The number of oxazole rings is 1. The predicted molar refractivity (Wildman–Crippen MR) is 57.6 cm³/mol. The molecule has 0 saturated heterocycles. The van der Waals surface area contributed by atoms with E-state index in [0.29, 0.717) is 6.54 Å². The summed E-state index contributed by atoms with van der Waals surface area (Å²) in [5, 5.41) is 5.72. The summed E-state index contributed by atoms with van der Waals surface area (Å²) in [6.45, 7) is 7.18. The maximum Gasteiger partial charge on any atom is 0.301 e. The van der Waals surface area contributed by atoms with E-state index >= 15 is 0 Å². The number of hydrogen-bond acceptors (Lipinski definition) is 4. The van der Waals surface area contributed by atoms with Crippen molar-refractivity contribution in [3.63, 3.8) is 0 Å². The summed E-state index contributed by atoms with van der Waals surface area (Å²) >= 11 is 0. The molecule has 0 fully saturated rings. The molecule has 1 aromatic heterocycles. The molecule has 1 amide bonds. The molecular formula is C10H17N3O2. The van der Waals surface area contributed by atoms with Gasteiger partial charge in [-0.05, 0) is 13.5 Å². The Labute approximate surface area is 89.3 Å². The number of nitrogens with zero attached hydrogens (tertiary/aromatic N) is 1. The average molecular weight is 211 g/mol. The second-order valence-electron chi connectivity index (χ2n) is 3.49. The summed E-state index contributed by atoms with van der Waals surface area (Å²) in [6, 6.07) is 0.265. The summed E-state index contributed by atoms with van der Waals surface area (Å²) in [5.74, 6) is -0.185. The molecule has 1 unspecified atom stereocenters. The Kier molecular flexibility index (Phi) is 4.30. The second-order valence-corrected chi connectivity index (χ2v) is 3.49. The fourth-order valence-electron chi connectivity index (χ4n) is 1.09. The fourth-order valence-corrected chi connectivity index (χ4v) is 1.09. The first kappa shape index (κ1) is 11.7. The molecule has 0 radical (unpaired) electrons. The van der Waals surface area contributed by atoms with Crippen LogP contribution in [0.5, 0.6) is 0 Å². The van der Waals surface area contributed by atoms with Crippen LogP contribution >= 0.6 is 0 Å². The Balaban J connectivity index is 2.41. The highest BCUT2D eigenvalue weighted by molar-refractivity contribution is 5.90. The van der Waals surface area contributed by atoms with E-state index in [-0.39, 0.29) is 17.8 Å². The van der Waals surface area contributed by atoms with Gasteiger partial charge < -0.3 is 9.73 Å². The van der Waals surface area contributed by atoms with Crippen LogP contribution in [0.1, 0.15) is 19.5 Å². The molecule has 84 valence electrons. The monoisotopic (exact) mass is 211 g/mol. The van der Waals surface area contributed by atoms with Crippen molar-refractivity contribution in [2.45, 2.75) is 20.8 Å². The van der Waals surface area contributed by atoms with Crippen LogP contribution in [0.2, 0.25) is 0 Å². The molecule has 0 aliphatic rings. The van der Waals surface area contributed by atoms with Crippen LogP contribution in [0.3, 0.4) is 0 Å². The van der Waals surface area contributed by atoms with Crippen molar-refractivity contribution in [2.75, 3.05) is 18.4 Å². The van der Waals surface area contributed by atoms with Crippen molar-refractivity contribution < 1.29 is 9.21 Å². The largest absolute Gasteiger partial charge is 0.432 e. The highest BCUT2D eigenvalue weighted by Crippen LogP contribution is 2.07. The minimum Gasteiger partial charge on any atom is -0.432 e. The van der Waals surface area contributed by atoms with Crippen molar-refractivity contribution in [2.24, 2.45) is 5.92 Å². The molecule has 2 N–H and O–H groups in total. The van der Waals surface area contributed by atoms with E-state index in [1.807, 2.05) is 13.8 Å². The van der Waals surface area contributed by atoms with Gasteiger partial charge >= 0.3 is 6.01 Å². The van der Waals surface area contributed by atoms with Crippen LogP contribution in [0.4, 0.5) is 6.01 Å². The zero-order chi connectivity index (χ0) is 11.3. The van der Waals surface area contributed by atoms with Crippen LogP contribution < -0.4 is 10.6 Å². The number of amides is 1. The number of aromatic nitrogens is 1. The molecule has 0 saturated carbocycles. The van der Waals surface area contributed by atoms with Crippen molar-refractivity contribution in [3.8, 4) is 0 Å². The molecule has 1 rings (SSSR count). The van der Waals surface area contributed by atoms with Gasteiger partial charge in [0.15, 0.2) is 0 Å². The molecule has 0 aliphatic heterocycles. The van der Waals surface area contributed by atoms with E-state index in [0.717, 1.165) is 12.2 Å². The summed E-state index contributed by atoms with van der Waals surface area (Å²) in [7, 11) is 0. The van der Waals surface area contributed by atoms with E-state index in [1.54, 1.807) is 6.92 Å². The van der Waals surface area contributed by atoms with E-state index in [4.69, 9.17) is 4.42 Å². The lowest BCUT2D eigenvalue weighted by Crippen LogP contribution is -2.30. The lowest BCUT2D eigenvalue weighted by molar-refractivity contribution is -0.119. The minimum absolute atomic E-state index is 0.0854. The van der Waals surface area contributed by atoms with Gasteiger partial charge in [0.1, 0.15) is 6.26 Å². The number of hydrogen-bond donors (Lipinski definition) is 2. The van der Waals surface area contributed by atoms with Crippen molar-refractivity contribution in [3.05, 3.63) is 12.0 Å². The van der Waals surface area contributed by atoms with Gasteiger partial charge in [-0.25, -0.2) is 0 Å². The Morgan fingerprint density at radius 1 is 1.67 bits per heavy atom. The topological polar surface area (TPSA) is 67.2 Å². The molecule has 0 aromatic carbocycles. The number of carbonyl (C=O) groups is 1. The van der Waals surface area contributed by atoms with Crippen LogP contribution in [0, 0.1) is 12.8 Å². The Morgan fingerprint density at radius 2 is 2.40 bits per heavy atom. The highest BCUT2D eigenvalue weighted by Gasteiger charge is 2.14. The number of anilines is 1. The van der Waals surface area contributed by atoms with Crippen molar-refractivity contribution in [1.82, 2.24) is 10.3 Å². The number of rotatable bonds is 5. The maximum absolute atomic E-state index is 11.6. The fraction of sp³-hybridized carbons (Fsp3) is 0.600. The third-order valence-electron chi connectivity index (χ3n) is 2.00. The van der Waals surface area contributed by atoms with Gasteiger partial charge in [-0.2, -0.15) is 4.98 Å². The zero-order valence-corrected chi connectivity index (χ0v) is 9.33. The van der Waals surface area contributed by atoms with Crippen molar-refractivity contribution >= 4 is 11.9 Å². The van der Waals surface area contributed by atoms with Crippen LogP contribution in [-0.2, 0) is 4.79 Å². The molecule has 0 aliphatic carbocycles. The number of carbonyl (C=O) groups excluding carboxylic acids is 1. The molecule has 0 bridgehead atoms. The van der Waals surface area contributed by atoms with Crippen molar-refractivity contribution in [1.29, 1.82) is 0 Å². The Morgan fingerprint density at radius 3 is 2.93 bits per heavy atom. The maximum atomic E-state index is 11.6. The van der Waals surface area contributed by atoms with Gasteiger partial charge in [-0.1, -0.05) is 13.8 Å². The average Bonchev–Trinajstić information content (AvgIpc) is 2.60. The minimum atomic E-state index is -0.0999. The molecule has 5 nitrogen and oxygen atoms in total. The van der Waals surface area contributed by atoms with Gasteiger partial charge in [0.25, 0.3) is 0 Å². The van der Waals surface area contributed by atoms with Crippen LogP contribution in [-0.4, -0.2) is 24.0 Å². The number of nitrogens with one attached hydrogen (secondary N) is 2. The van der Waals surface area contributed by atoms with E-state index in [1.165, 1.54) is 6.26 Å². The SMILES string of the molecule is CCNCC(C)C(=O)Nc1nc(C)co1. The van der Waals surface area contributed by atoms with Gasteiger partial charge in [-0.3, -0.25) is 10.1 Å². The lowest BCUT2D eigenvalue weighted by Gasteiger charge is -2.09. The molecular weight excluding hydrogens is 194 g/mol. The smallest absolute Gasteiger partial charge is 0.301 e. The van der Waals surface area contributed by atoms with Crippen LogP contribution in [0.15, 0.2) is 10.7 Å². The van der Waals surface area contributed by atoms with E-state index in [2.05, 4.69) is 15.6 Å². The quantitative estimate of drug-likeness (QED) is 0.767. The standard InChI is InChI=1S/C10H17N3O2/c1-4-11-5-7(2)9(14)13-10-12-8(3)6-15-10/h6-7,11H,4-5H2,1-3H3,(H,12,13,14). The van der Waals surface area contributed by atoms with E-state index < -0.39 is 0 Å². The molecule has 1 heterocycles. The Hall–Kier alpha value is -1.36. The van der Waals surface area contributed by atoms with E-state index in [9.17, 15) is 4.79 Å². The summed E-state index contributed by atoms with van der Waals surface area (Å²) in [5.41, 5.74) is 0.754. The van der Waals surface area contributed by atoms with Gasteiger partial charge in [0.2, 0.25) is 5.91 Å². The van der Waals surface area contributed by atoms with Gasteiger partial charge in [0, 0.05) is 12.5 Å². The summed E-state index contributed by atoms with van der Waals surface area (Å²) in [6.07, 6.45) is 1.50. The summed E-state index contributed by atoms with van der Waals surface area (Å²) < 4.78 is 5.03. The normalized spacial score (nSPS) is 12.5. The third kappa shape index (κ3) is 3.71. The molecule has 15 heavy (non-hydrogen) atoms. The highest BCUT2D eigenvalue weighted by atomic mass is 16.4. The molecule has 5 heteroatoms. The first-order valence-corrected chi connectivity index (χ1v) is 5.07. The van der Waals surface area contributed by atoms with Crippen LogP contribution in [0.25, 0.3) is 0 Å². The third-order valence-corrected chi connectivity index (χ3v) is 2.00. The van der Waals surface area contributed by atoms with Gasteiger partial charge in [0.05, 0.1) is 5.69 Å². The zero-order valence-electron chi connectivity index (χ0n) is 9.33. The molecule has 1 atom stereocenters. The second kappa shape index (κ2) is 5.50. The number of aryl methyl sites for hydroxylation is 1. The predicted octanol–water partition coefficient (Wildman–Crippen LogP) is 1.17. The molecule has 0 spiro atoms. The van der Waals surface area contributed by atoms with Gasteiger partial charge in [-0.15, -0.1) is 0 Å². The molecule has 1 aromatic rings. The first-order valence-electron chi connectivity index (χ1n) is 5.07.